The van der Waals surface area contributed by atoms with Crippen LogP contribution in [0.2, 0.25) is 5.31 Å². The molecule has 15 heavy (non-hydrogen) atoms. The van der Waals surface area contributed by atoms with Crippen molar-refractivity contribution in [2.75, 3.05) is 0 Å². The van der Waals surface area contributed by atoms with E-state index in [0.717, 1.165) is 30.5 Å². The van der Waals surface area contributed by atoms with Crippen molar-refractivity contribution in [2.45, 2.75) is 45.3 Å². The first-order chi connectivity index (χ1) is 6.99. The quantitative estimate of drug-likeness (QED) is 0.555. The van der Waals surface area contributed by atoms with E-state index in [0.29, 0.717) is 5.92 Å². The van der Waals surface area contributed by atoms with Crippen molar-refractivity contribution >= 4 is 19.2 Å². The summed E-state index contributed by atoms with van der Waals surface area (Å²) in [5.41, 5.74) is 2.19. The molecule has 0 aromatic heterocycles. The predicted octanol–water partition coefficient (Wildman–Crippen LogP) is 2.57. The van der Waals surface area contributed by atoms with Gasteiger partial charge in [-0.05, 0) is 30.5 Å². The Morgan fingerprint density at radius 1 is 1.53 bits per heavy atom. The lowest BCUT2D eigenvalue weighted by Crippen LogP contribution is -2.31. The summed E-state index contributed by atoms with van der Waals surface area (Å²) < 4.78 is 0. The normalized spacial score (nSPS) is 29.5. The number of hydrogen-bond donors (Lipinski definition) is 0. The molecule has 0 N–H and O–H groups in total. The fourth-order valence-electron chi connectivity index (χ4n) is 2.44. The molecule has 0 fully saturated rings. The second-order valence-electron chi connectivity index (χ2n) is 5.32. The number of rotatable bonds is 0. The molecule has 1 unspecified atom stereocenters. The Kier molecular flexibility index (Phi) is 2.57. The third kappa shape index (κ3) is 2.06. The third-order valence-electron chi connectivity index (χ3n) is 3.19. The smallest absolute Gasteiger partial charge is 0.215 e. The fourth-order valence-corrected chi connectivity index (χ4v) is 2.44. The lowest BCUT2D eigenvalue weighted by atomic mass is 9.45. The summed E-state index contributed by atoms with van der Waals surface area (Å²) in [6.45, 7) is 6.33. The van der Waals surface area contributed by atoms with Crippen molar-refractivity contribution in [2.24, 2.45) is 10.9 Å². The van der Waals surface area contributed by atoms with Crippen LogP contribution in [-0.4, -0.2) is 19.2 Å². The van der Waals surface area contributed by atoms with Crippen LogP contribution in [0.15, 0.2) is 16.3 Å². The maximum absolute atomic E-state index is 12.0. The maximum atomic E-state index is 12.0. The van der Waals surface area contributed by atoms with Gasteiger partial charge in [-0.1, -0.05) is 20.8 Å². The summed E-state index contributed by atoms with van der Waals surface area (Å²) in [6.07, 6.45) is 4.90. The van der Waals surface area contributed by atoms with Crippen molar-refractivity contribution in [3.63, 3.8) is 0 Å². The van der Waals surface area contributed by atoms with Gasteiger partial charge in [-0.25, -0.2) is 0 Å². The van der Waals surface area contributed by atoms with Gasteiger partial charge in [0, 0.05) is 17.5 Å². The number of carbonyl (C=O) groups is 1. The van der Waals surface area contributed by atoms with Gasteiger partial charge in [-0.2, -0.15) is 0 Å². The van der Waals surface area contributed by atoms with Crippen molar-refractivity contribution in [3.05, 3.63) is 11.3 Å². The van der Waals surface area contributed by atoms with Crippen LogP contribution >= 0.6 is 0 Å². The molecule has 0 amide bonds. The minimum Gasteiger partial charge on any atom is -0.307 e. The summed E-state index contributed by atoms with van der Waals surface area (Å²) in [4.78, 5) is 16.5. The number of hydrogen-bond acceptors (Lipinski definition) is 2. The van der Waals surface area contributed by atoms with E-state index < -0.39 is 0 Å². The van der Waals surface area contributed by atoms with Crippen LogP contribution in [0, 0.1) is 5.92 Å². The average Bonchev–Trinajstić information content (AvgIpc) is 2.25. The van der Waals surface area contributed by atoms with Gasteiger partial charge in [-0.15, -0.1) is 0 Å². The standard InChI is InChI=1S/C12H17BNO/c1-8-5-4-6-14-9-7-12(2,3)13-11(15)10(8)9/h6,8H,4-5,7H2,1-3H3. The minimum atomic E-state index is -0.0304. The SMILES string of the molecule is CC1CCC=NC2=C1C(=O)[B]C(C)(C)C2. The Labute approximate surface area is 92.1 Å². The molecule has 2 rings (SSSR count). The van der Waals surface area contributed by atoms with Crippen molar-refractivity contribution < 1.29 is 4.79 Å². The first-order valence-corrected chi connectivity index (χ1v) is 5.65. The molecular formula is C12H17BNO. The predicted molar refractivity (Wildman–Crippen MR) is 63.3 cm³/mol. The van der Waals surface area contributed by atoms with Gasteiger partial charge in [0.05, 0.1) is 0 Å². The van der Waals surface area contributed by atoms with Crippen LogP contribution < -0.4 is 0 Å². The molecule has 2 aliphatic heterocycles. The largest absolute Gasteiger partial charge is 0.307 e. The molecule has 0 aromatic rings. The summed E-state index contributed by atoms with van der Waals surface area (Å²) in [7, 11) is 1.86. The molecule has 0 saturated carbocycles. The van der Waals surface area contributed by atoms with E-state index in [4.69, 9.17) is 0 Å². The second-order valence-corrected chi connectivity index (χ2v) is 5.32. The van der Waals surface area contributed by atoms with E-state index in [-0.39, 0.29) is 11.0 Å². The summed E-state index contributed by atoms with van der Waals surface area (Å²) in [6, 6.07) is 0. The minimum absolute atomic E-state index is 0.0304. The lowest BCUT2D eigenvalue weighted by Gasteiger charge is -2.31. The highest BCUT2D eigenvalue weighted by atomic mass is 16.1. The summed E-state index contributed by atoms with van der Waals surface area (Å²) >= 11 is 0. The number of carbonyl (C=O) groups excluding carboxylic acids is 1. The molecule has 79 valence electrons. The number of allylic oxidation sites excluding steroid dienone is 2. The van der Waals surface area contributed by atoms with Crippen molar-refractivity contribution in [3.8, 4) is 0 Å². The van der Waals surface area contributed by atoms with E-state index in [9.17, 15) is 4.79 Å². The van der Waals surface area contributed by atoms with Crippen LogP contribution in [0.4, 0.5) is 0 Å². The van der Waals surface area contributed by atoms with Crippen molar-refractivity contribution in [1.82, 2.24) is 0 Å². The van der Waals surface area contributed by atoms with E-state index in [1.807, 2.05) is 13.5 Å². The Balaban J connectivity index is 2.42. The summed E-state index contributed by atoms with van der Waals surface area (Å²) in [5.74, 6) is 0.363. The zero-order valence-electron chi connectivity index (χ0n) is 9.71. The highest BCUT2D eigenvalue weighted by Crippen LogP contribution is 2.41. The maximum Gasteiger partial charge on any atom is 0.215 e. The van der Waals surface area contributed by atoms with Gasteiger partial charge in [0.2, 0.25) is 7.28 Å². The van der Waals surface area contributed by atoms with Gasteiger partial charge in [0.25, 0.3) is 0 Å². The van der Waals surface area contributed by atoms with Crippen LogP contribution in [0.1, 0.15) is 40.0 Å². The number of aliphatic imine (C=N–C) groups is 1. The molecular weight excluding hydrogens is 185 g/mol. The molecule has 3 heteroatoms. The Bertz CT molecular complexity index is 355. The average molecular weight is 202 g/mol. The zero-order valence-corrected chi connectivity index (χ0v) is 9.71. The fraction of sp³-hybridized carbons (Fsp3) is 0.667. The molecule has 0 bridgehead atoms. The van der Waals surface area contributed by atoms with Crippen LogP contribution in [0.25, 0.3) is 0 Å². The molecule has 0 aliphatic carbocycles. The highest BCUT2D eigenvalue weighted by Gasteiger charge is 2.36. The van der Waals surface area contributed by atoms with Gasteiger partial charge in [0.15, 0.2) is 0 Å². The van der Waals surface area contributed by atoms with Crippen LogP contribution in [0.5, 0.6) is 0 Å². The monoisotopic (exact) mass is 202 g/mol. The van der Waals surface area contributed by atoms with E-state index in [2.05, 4.69) is 25.8 Å². The lowest BCUT2D eigenvalue weighted by molar-refractivity contribution is -0.109. The Morgan fingerprint density at radius 3 is 3.00 bits per heavy atom. The van der Waals surface area contributed by atoms with Crippen LogP contribution in [-0.2, 0) is 4.79 Å². The van der Waals surface area contributed by atoms with Crippen LogP contribution in [0.3, 0.4) is 0 Å². The molecule has 0 aromatic carbocycles. The van der Waals surface area contributed by atoms with E-state index in [1.54, 1.807) is 0 Å². The van der Waals surface area contributed by atoms with Crippen molar-refractivity contribution in [1.29, 1.82) is 0 Å². The van der Waals surface area contributed by atoms with Gasteiger partial charge >= 0.3 is 0 Å². The van der Waals surface area contributed by atoms with E-state index in [1.165, 1.54) is 0 Å². The molecule has 0 saturated heterocycles. The third-order valence-corrected chi connectivity index (χ3v) is 3.19. The Morgan fingerprint density at radius 2 is 2.27 bits per heavy atom. The van der Waals surface area contributed by atoms with Gasteiger partial charge in [-0.3, -0.25) is 4.99 Å². The summed E-state index contributed by atoms with van der Waals surface area (Å²) in [5, 5.41) is -0.0304. The van der Waals surface area contributed by atoms with Gasteiger partial charge < -0.3 is 4.79 Å². The Hall–Kier alpha value is -0.855. The first kappa shape index (κ1) is 10.7. The molecule has 1 radical (unpaired) electrons. The first-order valence-electron chi connectivity index (χ1n) is 5.65. The second kappa shape index (κ2) is 3.62. The highest BCUT2D eigenvalue weighted by molar-refractivity contribution is 6.80. The molecule has 2 aliphatic rings. The molecule has 0 spiro atoms. The zero-order chi connectivity index (χ0) is 11.1. The molecule has 2 heterocycles. The molecule has 1 atom stereocenters. The molecule has 2 nitrogen and oxygen atoms in total. The number of nitrogens with zero attached hydrogens (tertiary/aromatic N) is 1. The van der Waals surface area contributed by atoms with Gasteiger partial charge in [0.1, 0.15) is 5.68 Å². The topological polar surface area (TPSA) is 29.4 Å². The van der Waals surface area contributed by atoms with E-state index >= 15 is 0 Å².